The van der Waals surface area contributed by atoms with Crippen LogP contribution in [-0.4, -0.2) is 34.0 Å². The number of carbonyl (C=O) groups is 2. The number of ketones is 2. The van der Waals surface area contributed by atoms with Crippen molar-refractivity contribution < 1.29 is 19.8 Å². The van der Waals surface area contributed by atoms with E-state index in [0.717, 1.165) is 0 Å². The molecule has 0 aliphatic rings. The van der Waals surface area contributed by atoms with Crippen LogP contribution in [0.15, 0.2) is 0 Å². The van der Waals surface area contributed by atoms with E-state index in [1.165, 1.54) is 20.8 Å². The van der Waals surface area contributed by atoms with E-state index < -0.39 is 12.2 Å². The van der Waals surface area contributed by atoms with Gasteiger partial charge >= 0.3 is 0 Å². The van der Waals surface area contributed by atoms with Gasteiger partial charge in [-0.05, 0) is 27.2 Å². The van der Waals surface area contributed by atoms with Crippen molar-refractivity contribution >= 4 is 11.6 Å². The fraction of sp³-hybridized carbons (Fsp3) is 0.778. The van der Waals surface area contributed by atoms with Gasteiger partial charge in [-0.1, -0.05) is 6.92 Å². The molecule has 0 radical (unpaired) electrons. The van der Waals surface area contributed by atoms with Crippen molar-refractivity contribution in [3.05, 3.63) is 0 Å². The van der Waals surface area contributed by atoms with E-state index in [1.807, 2.05) is 0 Å². The molecule has 0 aliphatic carbocycles. The Morgan fingerprint density at radius 2 is 1.46 bits per heavy atom. The molecule has 2 atom stereocenters. The molecule has 0 aromatic rings. The average molecular weight is 190 g/mol. The third-order valence-electron chi connectivity index (χ3n) is 1.44. The van der Waals surface area contributed by atoms with Crippen molar-refractivity contribution in [2.24, 2.45) is 0 Å². The lowest BCUT2D eigenvalue weighted by Crippen LogP contribution is -2.14. The van der Waals surface area contributed by atoms with Crippen LogP contribution in [0, 0.1) is 0 Å². The summed E-state index contributed by atoms with van der Waals surface area (Å²) >= 11 is 0. The molecular weight excluding hydrogens is 172 g/mol. The quantitative estimate of drug-likeness (QED) is 0.671. The maximum atomic E-state index is 10.1. The highest BCUT2D eigenvalue weighted by atomic mass is 16.3. The molecule has 2 N–H and O–H groups in total. The van der Waals surface area contributed by atoms with Crippen LogP contribution in [0.3, 0.4) is 0 Å². The fourth-order valence-corrected chi connectivity index (χ4v) is 0.287. The highest BCUT2D eigenvalue weighted by Gasteiger charge is 2.03. The first-order valence-corrected chi connectivity index (χ1v) is 4.19. The standard InChI is InChI=1S/C5H10O2.C4H8O2/c1-3-5(7)4(2)6;1-3(5)4(2)6/h5,7H,3H2,1-2H3;3,5H,1-2H3. The Labute approximate surface area is 78.6 Å². The van der Waals surface area contributed by atoms with Crippen LogP contribution in [0.5, 0.6) is 0 Å². The van der Waals surface area contributed by atoms with Gasteiger partial charge in [-0.25, -0.2) is 0 Å². The Hall–Kier alpha value is -0.740. The minimum Gasteiger partial charge on any atom is -0.386 e. The number of carbonyl (C=O) groups excluding carboxylic acids is 2. The zero-order valence-electron chi connectivity index (χ0n) is 8.57. The van der Waals surface area contributed by atoms with Crippen LogP contribution < -0.4 is 0 Å². The van der Waals surface area contributed by atoms with E-state index in [2.05, 4.69) is 0 Å². The number of Topliss-reactive ketones (excluding diaryl/α,β-unsaturated/α-hetero) is 2. The van der Waals surface area contributed by atoms with Gasteiger partial charge in [-0.2, -0.15) is 0 Å². The molecule has 0 amide bonds. The second-order valence-electron chi connectivity index (χ2n) is 2.82. The largest absolute Gasteiger partial charge is 0.386 e. The van der Waals surface area contributed by atoms with Crippen molar-refractivity contribution in [1.82, 2.24) is 0 Å². The Morgan fingerprint density at radius 3 is 1.46 bits per heavy atom. The smallest absolute Gasteiger partial charge is 0.158 e. The van der Waals surface area contributed by atoms with Gasteiger partial charge in [-0.3, -0.25) is 9.59 Å². The Bertz CT molecular complexity index is 163. The summed E-state index contributed by atoms with van der Waals surface area (Å²) in [7, 11) is 0. The summed E-state index contributed by atoms with van der Waals surface area (Å²) in [6.45, 7) is 5.95. The molecule has 4 heteroatoms. The molecule has 2 unspecified atom stereocenters. The molecule has 0 rings (SSSR count). The highest BCUT2D eigenvalue weighted by Crippen LogP contribution is 1.88. The monoisotopic (exact) mass is 190 g/mol. The molecule has 0 spiro atoms. The average Bonchev–Trinajstić information content (AvgIpc) is 2.03. The lowest BCUT2D eigenvalue weighted by atomic mass is 10.2. The summed E-state index contributed by atoms with van der Waals surface area (Å²) in [6, 6.07) is 0. The lowest BCUT2D eigenvalue weighted by molar-refractivity contribution is -0.125. The highest BCUT2D eigenvalue weighted by molar-refractivity contribution is 5.80. The number of hydrogen-bond acceptors (Lipinski definition) is 4. The summed E-state index contributed by atoms with van der Waals surface area (Å²) < 4.78 is 0. The third kappa shape index (κ3) is 11.3. The van der Waals surface area contributed by atoms with E-state index in [1.54, 1.807) is 6.92 Å². The minimum atomic E-state index is -0.787. The Kier molecular flexibility index (Phi) is 8.96. The van der Waals surface area contributed by atoms with Crippen molar-refractivity contribution in [2.45, 2.75) is 46.3 Å². The molecule has 0 aromatic carbocycles. The van der Waals surface area contributed by atoms with Gasteiger partial charge in [-0.15, -0.1) is 0 Å². The Balaban J connectivity index is 0. The van der Waals surface area contributed by atoms with E-state index >= 15 is 0 Å². The van der Waals surface area contributed by atoms with E-state index in [9.17, 15) is 9.59 Å². The number of rotatable bonds is 3. The first kappa shape index (κ1) is 14.8. The topological polar surface area (TPSA) is 74.6 Å². The Morgan fingerprint density at radius 1 is 1.15 bits per heavy atom. The van der Waals surface area contributed by atoms with Gasteiger partial charge in [0.2, 0.25) is 0 Å². The predicted molar refractivity (Wildman–Crippen MR) is 49.3 cm³/mol. The molecule has 0 aliphatic heterocycles. The molecule has 13 heavy (non-hydrogen) atoms. The van der Waals surface area contributed by atoms with Gasteiger partial charge < -0.3 is 10.2 Å². The van der Waals surface area contributed by atoms with Crippen LogP contribution in [0.4, 0.5) is 0 Å². The second kappa shape index (κ2) is 7.89. The normalized spacial score (nSPS) is 13.7. The molecule has 0 bridgehead atoms. The van der Waals surface area contributed by atoms with Gasteiger partial charge in [0, 0.05) is 0 Å². The van der Waals surface area contributed by atoms with Crippen LogP contribution >= 0.6 is 0 Å². The van der Waals surface area contributed by atoms with Crippen LogP contribution in [0.2, 0.25) is 0 Å². The first-order valence-electron chi connectivity index (χ1n) is 4.19. The predicted octanol–water partition coefficient (Wildman–Crippen LogP) is 0.303. The fourth-order valence-electron chi connectivity index (χ4n) is 0.287. The van der Waals surface area contributed by atoms with Gasteiger partial charge in [0.1, 0.15) is 12.2 Å². The van der Waals surface area contributed by atoms with Crippen molar-refractivity contribution in [3.8, 4) is 0 Å². The van der Waals surface area contributed by atoms with Gasteiger partial charge in [0.25, 0.3) is 0 Å². The molecule has 0 fully saturated rings. The first-order chi connectivity index (χ1) is 5.82. The van der Waals surface area contributed by atoms with E-state index in [4.69, 9.17) is 10.2 Å². The number of hydrogen-bond donors (Lipinski definition) is 2. The molecule has 0 heterocycles. The van der Waals surface area contributed by atoms with Crippen molar-refractivity contribution in [3.63, 3.8) is 0 Å². The second-order valence-corrected chi connectivity index (χ2v) is 2.82. The van der Waals surface area contributed by atoms with Crippen molar-refractivity contribution in [2.75, 3.05) is 0 Å². The number of aliphatic hydroxyl groups excluding tert-OH is 2. The van der Waals surface area contributed by atoms with Crippen molar-refractivity contribution in [1.29, 1.82) is 0 Å². The summed E-state index contributed by atoms with van der Waals surface area (Å²) in [4.78, 5) is 20.0. The van der Waals surface area contributed by atoms with E-state index in [-0.39, 0.29) is 11.6 Å². The van der Waals surface area contributed by atoms with Crippen LogP contribution in [0.1, 0.15) is 34.1 Å². The summed E-state index contributed by atoms with van der Waals surface area (Å²) in [6.07, 6.45) is -1.00. The maximum Gasteiger partial charge on any atom is 0.158 e. The molecule has 78 valence electrons. The minimum absolute atomic E-state index is 0.150. The summed E-state index contributed by atoms with van der Waals surface area (Å²) in [5.41, 5.74) is 0. The lowest BCUT2D eigenvalue weighted by Gasteiger charge is -1.97. The molecule has 0 saturated heterocycles. The van der Waals surface area contributed by atoms with Gasteiger partial charge in [0.15, 0.2) is 11.6 Å². The maximum absolute atomic E-state index is 10.1. The third-order valence-corrected chi connectivity index (χ3v) is 1.44. The van der Waals surface area contributed by atoms with Gasteiger partial charge in [0.05, 0.1) is 0 Å². The molecule has 0 saturated carbocycles. The molecular formula is C9H18O4. The van der Waals surface area contributed by atoms with E-state index in [0.29, 0.717) is 6.42 Å². The summed E-state index contributed by atoms with van der Waals surface area (Å²) in [5, 5.41) is 16.9. The molecule has 0 aromatic heterocycles. The van der Waals surface area contributed by atoms with Crippen LogP contribution in [-0.2, 0) is 9.59 Å². The van der Waals surface area contributed by atoms with Crippen LogP contribution in [0.25, 0.3) is 0 Å². The zero-order valence-corrected chi connectivity index (χ0v) is 8.57. The number of aliphatic hydroxyl groups is 2. The molecule has 4 nitrogen and oxygen atoms in total. The SMILES string of the molecule is CC(=O)C(C)O.CCC(O)C(C)=O. The zero-order chi connectivity index (χ0) is 11.0. The summed E-state index contributed by atoms with van der Waals surface area (Å²) in [5.74, 6) is -0.336.